The molecule has 2 nitrogen and oxygen atoms in total. The predicted molar refractivity (Wildman–Crippen MR) is 90.9 cm³/mol. The Bertz CT molecular complexity index is 617. The van der Waals surface area contributed by atoms with Crippen molar-refractivity contribution in [1.29, 1.82) is 5.26 Å². The zero-order valence-corrected chi connectivity index (χ0v) is 13.3. The van der Waals surface area contributed by atoms with Crippen LogP contribution in [0.25, 0.3) is 0 Å². The molecule has 2 aromatic rings. The third-order valence-electron chi connectivity index (χ3n) is 3.62. The zero-order valence-electron chi connectivity index (χ0n) is 12.5. The van der Waals surface area contributed by atoms with Crippen LogP contribution >= 0.6 is 11.8 Å². The molecule has 2 aromatic carbocycles. The van der Waals surface area contributed by atoms with Gasteiger partial charge in [-0.25, -0.2) is 0 Å². The number of nitrogens with one attached hydrogen (secondary N) is 1. The summed E-state index contributed by atoms with van der Waals surface area (Å²) in [7, 11) is 0. The molecule has 0 saturated heterocycles. The molecular formula is C18H20N2S. The summed E-state index contributed by atoms with van der Waals surface area (Å²) < 4.78 is 0. The largest absolute Gasteiger partial charge is 0.384 e. The van der Waals surface area contributed by atoms with E-state index >= 15 is 0 Å². The Morgan fingerprint density at radius 1 is 1.14 bits per heavy atom. The van der Waals surface area contributed by atoms with Crippen LogP contribution in [0.5, 0.6) is 0 Å². The summed E-state index contributed by atoms with van der Waals surface area (Å²) in [5, 5.41) is 12.7. The number of anilines is 1. The van der Waals surface area contributed by atoms with Crippen LogP contribution < -0.4 is 5.32 Å². The lowest BCUT2D eigenvalue weighted by Gasteiger charge is -2.14. The average Bonchev–Trinajstić information content (AvgIpc) is 2.55. The van der Waals surface area contributed by atoms with Gasteiger partial charge in [-0.15, -0.1) is 11.8 Å². The van der Waals surface area contributed by atoms with E-state index in [0.29, 0.717) is 5.92 Å². The number of hydrogen-bond donors (Lipinski definition) is 1. The van der Waals surface area contributed by atoms with Gasteiger partial charge in [0.15, 0.2) is 0 Å². The standard InChI is InChI=1S/C18H20N2S/c1-14(15-7-4-3-5-8-15)11-12-20-17-9-6-10-18(21-2)16(17)13-19/h3-10,14,20H,11-12H2,1-2H3. The van der Waals surface area contributed by atoms with Gasteiger partial charge in [-0.05, 0) is 36.3 Å². The lowest BCUT2D eigenvalue weighted by molar-refractivity contribution is 0.706. The second kappa shape index (κ2) is 7.75. The summed E-state index contributed by atoms with van der Waals surface area (Å²) in [6.45, 7) is 3.10. The quantitative estimate of drug-likeness (QED) is 0.771. The molecule has 0 spiro atoms. The van der Waals surface area contributed by atoms with Crippen molar-refractivity contribution in [2.75, 3.05) is 18.1 Å². The van der Waals surface area contributed by atoms with Crippen molar-refractivity contribution < 1.29 is 0 Å². The molecule has 0 aliphatic rings. The second-order valence-corrected chi connectivity index (χ2v) is 5.87. The van der Waals surface area contributed by atoms with Gasteiger partial charge in [-0.2, -0.15) is 5.26 Å². The smallest absolute Gasteiger partial charge is 0.102 e. The van der Waals surface area contributed by atoms with Crippen LogP contribution in [0.4, 0.5) is 5.69 Å². The third kappa shape index (κ3) is 4.03. The highest BCUT2D eigenvalue weighted by atomic mass is 32.2. The van der Waals surface area contributed by atoms with Gasteiger partial charge < -0.3 is 5.32 Å². The van der Waals surface area contributed by atoms with Crippen molar-refractivity contribution in [3.63, 3.8) is 0 Å². The van der Waals surface area contributed by atoms with Gasteiger partial charge in [0.2, 0.25) is 0 Å². The van der Waals surface area contributed by atoms with Crippen molar-refractivity contribution >= 4 is 17.4 Å². The molecule has 0 aromatic heterocycles. The van der Waals surface area contributed by atoms with Crippen LogP contribution in [0.1, 0.15) is 30.4 Å². The van der Waals surface area contributed by atoms with Crippen LogP contribution in [0.3, 0.4) is 0 Å². The number of hydrogen-bond acceptors (Lipinski definition) is 3. The van der Waals surface area contributed by atoms with Crippen molar-refractivity contribution in [1.82, 2.24) is 0 Å². The van der Waals surface area contributed by atoms with E-state index in [-0.39, 0.29) is 0 Å². The minimum absolute atomic E-state index is 0.507. The van der Waals surface area contributed by atoms with Crippen LogP contribution in [0, 0.1) is 11.3 Å². The molecule has 1 atom stereocenters. The Morgan fingerprint density at radius 3 is 2.57 bits per heavy atom. The fourth-order valence-electron chi connectivity index (χ4n) is 2.34. The Morgan fingerprint density at radius 2 is 1.90 bits per heavy atom. The van der Waals surface area contributed by atoms with E-state index in [1.807, 2.05) is 30.5 Å². The number of rotatable bonds is 6. The number of thioether (sulfide) groups is 1. The van der Waals surface area contributed by atoms with Crippen LogP contribution in [0.15, 0.2) is 53.4 Å². The van der Waals surface area contributed by atoms with Gasteiger partial charge in [0.25, 0.3) is 0 Å². The van der Waals surface area contributed by atoms with Gasteiger partial charge in [-0.3, -0.25) is 0 Å². The fraction of sp³-hybridized carbons (Fsp3) is 0.278. The minimum atomic E-state index is 0.507. The molecule has 1 unspecified atom stereocenters. The van der Waals surface area contributed by atoms with Crippen LogP contribution in [0.2, 0.25) is 0 Å². The number of nitrogens with zero attached hydrogens (tertiary/aromatic N) is 1. The highest BCUT2D eigenvalue weighted by Gasteiger charge is 2.08. The van der Waals surface area contributed by atoms with E-state index in [0.717, 1.165) is 29.1 Å². The third-order valence-corrected chi connectivity index (χ3v) is 4.40. The van der Waals surface area contributed by atoms with Gasteiger partial charge in [-0.1, -0.05) is 43.3 Å². The van der Waals surface area contributed by atoms with Crippen LogP contribution in [-0.2, 0) is 0 Å². The van der Waals surface area contributed by atoms with E-state index < -0.39 is 0 Å². The van der Waals surface area contributed by atoms with Crippen LogP contribution in [-0.4, -0.2) is 12.8 Å². The molecule has 3 heteroatoms. The van der Waals surface area contributed by atoms with Gasteiger partial charge in [0.1, 0.15) is 6.07 Å². The lowest BCUT2D eigenvalue weighted by atomic mass is 9.98. The SMILES string of the molecule is CSc1cccc(NCCC(C)c2ccccc2)c1C#N. The highest BCUT2D eigenvalue weighted by molar-refractivity contribution is 7.98. The van der Waals surface area contributed by atoms with E-state index in [9.17, 15) is 5.26 Å². The molecule has 21 heavy (non-hydrogen) atoms. The maximum Gasteiger partial charge on any atom is 0.102 e. The van der Waals surface area contributed by atoms with E-state index in [4.69, 9.17) is 0 Å². The van der Waals surface area contributed by atoms with E-state index in [1.165, 1.54) is 5.56 Å². The first-order valence-electron chi connectivity index (χ1n) is 7.12. The molecule has 0 aliphatic carbocycles. The first-order valence-corrected chi connectivity index (χ1v) is 8.34. The molecule has 0 radical (unpaired) electrons. The molecule has 2 rings (SSSR count). The monoisotopic (exact) mass is 296 g/mol. The molecule has 0 amide bonds. The second-order valence-electron chi connectivity index (χ2n) is 5.02. The Labute approximate surface area is 131 Å². The summed E-state index contributed by atoms with van der Waals surface area (Å²) in [5.74, 6) is 0.507. The lowest BCUT2D eigenvalue weighted by Crippen LogP contribution is -2.07. The Kier molecular flexibility index (Phi) is 5.71. The summed E-state index contributed by atoms with van der Waals surface area (Å²) >= 11 is 1.61. The maximum absolute atomic E-state index is 9.31. The molecule has 0 saturated carbocycles. The minimum Gasteiger partial charge on any atom is -0.384 e. The molecule has 1 N–H and O–H groups in total. The molecule has 0 aliphatic heterocycles. The number of nitriles is 1. The van der Waals surface area contributed by atoms with Gasteiger partial charge in [0, 0.05) is 11.4 Å². The van der Waals surface area contributed by atoms with Gasteiger partial charge in [0.05, 0.1) is 11.3 Å². The average molecular weight is 296 g/mol. The zero-order chi connectivity index (χ0) is 15.1. The predicted octanol–water partition coefficient (Wildman–Crippen LogP) is 4.89. The Hall–Kier alpha value is -1.92. The van der Waals surface area contributed by atoms with Crippen molar-refractivity contribution in [2.24, 2.45) is 0 Å². The topological polar surface area (TPSA) is 35.8 Å². The summed E-state index contributed by atoms with van der Waals surface area (Å²) in [5.41, 5.74) is 3.04. The fourth-order valence-corrected chi connectivity index (χ4v) is 2.91. The first kappa shape index (κ1) is 15.5. The molecule has 0 heterocycles. The Balaban J connectivity index is 1.97. The van der Waals surface area contributed by atoms with Gasteiger partial charge >= 0.3 is 0 Å². The molecule has 108 valence electrons. The van der Waals surface area contributed by atoms with Crippen molar-refractivity contribution in [2.45, 2.75) is 24.2 Å². The highest BCUT2D eigenvalue weighted by Crippen LogP contribution is 2.26. The maximum atomic E-state index is 9.31. The summed E-state index contributed by atoms with van der Waals surface area (Å²) in [6, 6.07) is 18.8. The normalized spacial score (nSPS) is 11.7. The van der Waals surface area contributed by atoms with Crippen molar-refractivity contribution in [3.8, 4) is 6.07 Å². The first-order chi connectivity index (χ1) is 10.3. The summed E-state index contributed by atoms with van der Waals surface area (Å²) in [6.07, 6.45) is 3.04. The number of benzene rings is 2. The summed E-state index contributed by atoms with van der Waals surface area (Å²) in [4.78, 5) is 1.03. The van der Waals surface area contributed by atoms with E-state index in [2.05, 4.69) is 42.6 Å². The molecular weight excluding hydrogens is 276 g/mol. The van der Waals surface area contributed by atoms with E-state index in [1.54, 1.807) is 11.8 Å². The van der Waals surface area contributed by atoms with Crippen molar-refractivity contribution in [3.05, 3.63) is 59.7 Å². The molecule has 0 fully saturated rings. The molecule has 0 bridgehead atoms.